The maximum absolute atomic E-state index is 12.4. The summed E-state index contributed by atoms with van der Waals surface area (Å²) in [5, 5.41) is 6.39. The summed E-state index contributed by atoms with van der Waals surface area (Å²) in [4.78, 5) is 53.1. The van der Waals surface area contributed by atoms with Gasteiger partial charge in [-0.3, -0.25) is 9.59 Å². The van der Waals surface area contributed by atoms with Gasteiger partial charge in [-0.1, -0.05) is 5.06 Å². The summed E-state index contributed by atoms with van der Waals surface area (Å²) < 4.78 is 0. The molecule has 2 atom stereocenters. The molecule has 1 aliphatic rings. The standard InChI is InChI=1S/C18H25N5O5S/c1-29-10-8-14(12-24)21-17(25)11-20-18(26)16-3-2-9-22(16)28-23(27)15-6-4-13(19)5-7-15/h4-7,12,14,16H,2-3,8-11H2,1H3,(H3-,19,20,21,25,26,27)/p+1/t14-,16-/m0/s1. The number of anilines is 1. The van der Waals surface area contributed by atoms with Crippen LogP contribution in [0, 0.1) is 4.91 Å². The molecule has 1 aromatic carbocycles. The fourth-order valence-corrected chi connectivity index (χ4v) is 3.29. The third kappa shape index (κ3) is 7.02. The number of carbonyl (C=O) groups is 3. The maximum atomic E-state index is 12.4. The van der Waals surface area contributed by atoms with Crippen LogP contribution in [0.15, 0.2) is 24.3 Å². The van der Waals surface area contributed by atoms with Gasteiger partial charge in [-0.15, -0.1) is 4.94 Å². The Morgan fingerprint density at radius 1 is 1.41 bits per heavy atom. The van der Waals surface area contributed by atoms with E-state index in [9.17, 15) is 19.3 Å². The van der Waals surface area contributed by atoms with Crippen LogP contribution in [0.5, 0.6) is 0 Å². The predicted octanol–water partition coefficient (Wildman–Crippen LogP) is 0.543. The number of rotatable bonds is 11. The van der Waals surface area contributed by atoms with Gasteiger partial charge in [0.05, 0.1) is 17.5 Å². The second kappa shape index (κ2) is 11.4. The van der Waals surface area contributed by atoms with Crippen LogP contribution in [0.1, 0.15) is 19.3 Å². The molecule has 1 fully saturated rings. The first-order valence-corrected chi connectivity index (χ1v) is 10.6. The van der Waals surface area contributed by atoms with E-state index in [-0.39, 0.29) is 12.2 Å². The van der Waals surface area contributed by atoms with E-state index in [4.69, 9.17) is 10.7 Å². The summed E-state index contributed by atoms with van der Waals surface area (Å²) in [5.74, 6) is -0.131. The van der Waals surface area contributed by atoms with E-state index in [1.165, 1.54) is 17.2 Å². The van der Waals surface area contributed by atoms with Crippen molar-refractivity contribution in [3.63, 3.8) is 0 Å². The summed E-state index contributed by atoms with van der Waals surface area (Å²) in [6.07, 6.45) is 4.28. The van der Waals surface area contributed by atoms with Gasteiger partial charge in [0.1, 0.15) is 12.3 Å². The summed E-state index contributed by atoms with van der Waals surface area (Å²) in [6, 6.07) is 4.90. The van der Waals surface area contributed by atoms with E-state index >= 15 is 0 Å². The van der Waals surface area contributed by atoms with Crippen molar-refractivity contribution in [1.29, 1.82) is 0 Å². The lowest BCUT2D eigenvalue weighted by atomic mass is 10.2. The number of amides is 2. The molecule has 158 valence electrons. The molecule has 2 rings (SSSR count). The molecule has 0 radical (unpaired) electrons. The first-order chi connectivity index (χ1) is 13.9. The molecule has 4 N–H and O–H groups in total. The zero-order valence-electron chi connectivity index (χ0n) is 16.2. The van der Waals surface area contributed by atoms with Gasteiger partial charge in [0.2, 0.25) is 11.8 Å². The molecule has 10 nitrogen and oxygen atoms in total. The lowest BCUT2D eigenvalue weighted by Crippen LogP contribution is -2.48. The van der Waals surface area contributed by atoms with Crippen molar-refractivity contribution in [1.82, 2.24) is 15.7 Å². The molecule has 1 aromatic rings. The zero-order valence-corrected chi connectivity index (χ0v) is 17.0. The number of nitrogens with two attached hydrogens (primary N) is 1. The molecule has 1 saturated heterocycles. The maximum Gasteiger partial charge on any atom is 0.319 e. The van der Waals surface area contributed by atoms with Gasteiger partial charge in [0.15, 0.2) is 0 Å². The minimum atomic E-state index is -0.689. The SMILES string of the molecule is CSCC[C@@H](C=O)NC(=O)CNC(=O)[C@@H]1CCCN1O[N+](=O)c1ccc(N)cc1. The van der Waals surface area contributed by atoms with E-state index in [0.29, 0.717) is 42.7 Å². The molecular formula is C18H26N5O5S+. The van der Waals surface area contributed by atoms with Crippen molar-refractivity contribution >= 4 is 41.2 Å². The highest BCUT2D eigenvalue weighted by molar-refractivity contribution is 7.98. The summed E-state index contributed by atoms with van der Waals surface area (Å²) in [6.45, 7) is 0.145. The van der Waals surface area contributed by atoms with Gasteiger partial charge in [0, 0.05) is 24.4 Å². The van der Waals surface area contributed by atoms with Crippen LogP contribution >= 0.6 is 11.8 Å². The van der Waals surface area contributed by atoms with Gasteiger partial charge in [-0.2, -0.15) is 11.8 Å². The lowest BCUT2D eigenvalue weighted by molar-refractivity contribution is -0.800. The Bertz CT molecular complexity index is 730. The molecule has 0 saturated carbocycles. The van der Waals surface area contributed by atoms with Crippen molar-refractivity contribution in [3.05, 3.63) is 29.2 Å². The molecule has 29 heavy (non-hydrogen) atoms. The third-order valence-corrected chi connectivity index (χ3v) is 5.00. The van der Waals surface area contributed by atoms with Crippen LogP contribution in [0.4, 0.5) is 11.4 Å². The Morgan fingerprint density at radius 3 is 2.79 bits per heavy atom. The molecule has 0 unspecified atom stereocenters. The number of nitrogens with one attached hydrogen (secondary N) is 2. The molecular weight excluding hydrogens is 398 g/mol. The van der Waals surface area contributed by atoms with Crippen molar-refractivity contribution in [2.24, 2.45) is 0 Å². The highest BCUT2D eigenvalue weighted by atomic mass is 32.2. The minimum absolute atomic E-state index is 0.245. The number of hydroxylamine groups is 2. The average molecular weight is 425 g/mol. The van der Waals surface area contributed by atoms with Crippen LogP contribution in [0.2, 0.25) is 0 Å². The number of hydrogen-bond donors (Lipinski definition) is 3. The molecule has 0 bridgehead atoms. The first kappa shape index (κ1) is 22.6. The second-order valence-electron chi connectivity index (χ2n) is 6.54. The van der Waals surface area contributed by atoms with Crippen LogP contribution in [0.3, 0.4) is 0 Å². The Morgan fingerprint density at radius 2 is 2.14 bits per heavy atom. The molecule has 0 aliphatic carbocycles. The molecule has 1 heterocycles. The topological polar surface area (TPSA) is 134 Å². The van der Waals surface area contributed by atoms with E-state index < -0.39 is 23.9 Å². The molecule has 0 spiro atoms. The highest BCUT2D eigenvalue weighted by Gasteiger charge is 2.37. The largest absolute Gasteiger partial charge is 0.399 e. The number of aldehydes is 1. The van der Waals surface area contributed by atoms with Crippen LogP contribution in [-0.2, 0) is 19.3 Å². The van der Waals surface area contributed by atoms with E-state index in [1.54, 1.807) is 23.9 Å². The Balaban J connectivity index is 1.83. The van der Waals surface area contributed by atoms with Crippen molar-refractivity contribution < 1.29 is 24.2 Å². The van der Waals surface area contributed by atoms with Gasteiger partial charge in [-0.25, -0.2) is 0 Å². The fraction of sp³-hybridized carbons (Fsp3) is 0.500. The third-order valence-electron chi connectivity index (χ3n) is 4.36. The van der Waals surface area contributed by atoms with Crippen LogP contribution in [-0.4, -0.2) is 65.3 Å². The highest BCUT2D eigenvalue weighted by Crippen LogP contribution is 2.21. The monoisotopic (exact) mass is 424 g/mol. The molecule has 1 aliphatic heterocycles. The predicted molar refractivity (Wildman–Crippen MR) is 109 cm³/mol. The quantitative estimate of drug-likeness (QED) is 0.266. The summed E-state index contributed by atoms with van der Waals surface area (Å²) in [5.41, 5.74) is 6.36. The molecule has 11 heteroatoms. The number of nitrogens with zero attached hydrogens (tertiary/aromatic N) is 2. The normalized spacial score (nSPS) is 17.3. The van der Waals surface area contributed by atoms with Crippen molar-refractivity contribution in [3.8, 4) is 0 Å². The van der Waals surface area contributed by atoms with Gasteiger partial charge in [0.25, 0.3) is 4.92 Å². The summed E-state index contributed by atoms with van der Waals surface area (Å²) >= 11 is 1.58. The van der Waals surface area contributed by atoms with Crippen molar-refractivity contribution in [2.45, 2.75) is 31.3 Å². The van der Waals surface area contributed by atoms with Crippen LogP contribution < -0.4 is 16.4 Å². The van der Waals surface area contributed by atoms with Gasteiger partial charge >= 0.3 is 5.69 Å². The molecule has 0 aromatic heterocycles. The van der Waals surface area contributed by atoms with Crippen molar-refractivity contribution in [2.75, 3.05) is 30.8 Å². The van der Waals surface area contributed by atoms with E-state index in [2.05, 4.69) is 10.6 Å². The van der Waals surface area contributed by atoms with Gasteiger partial charge < -0.3 is 21.2 Å². The number of thioether (sulfide) groups is 1. The minimum Gasteiger partial charge on any atom is -0.399 e. The average Bonchev–Trinajstić information content (AvgIpc) is 3.17. The van der Waals surface area contributed by atoms with Crippen LogP contribution in [0.25, 0.3) is 0 Å². The Labute approximate surface area is 173 Å². The fourth-order valence-electron chi connectivity index (χ4n) is 2.80. The second-order valence-corrected chi connectivity index (χ2v) is 7.52. The number of nitrogen functional groups attached to an aromatic ring is 1. The summed E-state index contributed by atoms with van der Waals surface area (Å²) in [7, 11) is 0. The number of hydrogen-bond acceptors (Lipinski definition) is 8. The smallest absolute Gasteiger partial charge is 0.319 e. The lowest BCUT2D eigenvalue weighted by Gasteiger charge is -2.17. The Kier molecular flexibility index (Phi) is 8.87. The zero-order chi connectivity index (χ0) is 21.2. The van der Waals surface area contributed by atoms with E-state index in [1.807, 2.05) is 6.26 Å². The number of carbonyl (C=O) groups excluding carboxylic acids is 3. The Hall–Kier alpha value is -2.66. The first-order valence-electron chi connectivity index (χ1n) is 9.23. The number of benzene rings is 1. The molecule has 2 amide bonds. The van der Waals surface area contributed by atoms with E-state index in [0.717, 1.165) is 5.75 Å². The van der Waals surface area contributed by atoms with Gasteiger partial charge in [-0.05, 0) is 43.4 Å².